The van der Waals surface area contributed by atoms with E-state index in [1.807, 2.05) is 65.4 Å². The van der Waals surface area contributed by atoms with Gasteiger partial charge in [0, 0.05) is 33.0 Å². The minimum Gasteiger partial charge on any atom is -0.496 e. The molecule has 0 radical (unpaired) electrons. The van der Waals surface area contributed by atoms with Crippen LogP contribution in [0.25, 0.3) is 52.6 Å². The molecule has 0 spiro atoms. The number of methoxy groups -OCH3 is 1. The van der Waals surface area contributed by atoms with Gasteiger partial charge in [-0.25, -0.2) is 23.8 Å². The first kappa shape index (κ1) is 34.4. The smallest absolute Gasteiger partial charge is 0.339 e. The Balaban J connectivity index is 0.000000148. The van der Waals surface area contributed by atoms with Gasteiger partial charge in [0.1, 0.15) is 22.7 Å². The molecule has 7 heterocycles. The number of carbonyl (C=O) groups is 1. The minimum absolute atomic E-state index is 0.0807. The van der Waals surface area contributed by atoms with Crippen LogP contribution in [0.2, 0.25) is 0 Å². The lowest BCUT2D eigenvalue weighted by molar-refractivity contribution is 0.0693. The second-order valence-corrected chi connectivity index (χ2v) is 14.6. The molecule has 10 aromatic rings. The summed E-state index contributed by atoms with van der Waals surface area (Å²) in [4.78, 5) is 36.6. The molecule has 15 heteroatoms. The average molecular weight is 776 g/mol. The van der Waals surface area contributed by atoms with Crippen LogP contribution < -0.4 is 20.9 Å². The molecule has 0 unspecified atom stereocenters. The summed E-state index contributed by atoms with van der Waals surface area (Å²) in [6.45, 7) is 0. The number of anilines is 4. The number of aromatic carboxylic acids is 1. The molecule has 0 atom stereocenters. The second kappa shape index (κ2) is 14.5. The number of aromatic amines is 1. The molecule has 274 valence electrons. The maximum atomic E-state index is 11.5. The molecule has 7 aromatic heterocycles. The number of nitrogens with one attached hydrogen (secondary N) is 3. The van der Waals surface area contributed by atoms with Gasteiger partial charge in [-0.2, -0.15) is 0 Å². The van der Waals surface area contributed by atoms with Crippen LogP contribution in [0.15, 0.2) is 139 Å². The van der Waals surface area contributed by atoms with Crippen LogP contribution >= 0.6 is 22.7 Å². The van der Waals surface area contributed by atoms with Crippen molar-refractivity contribution in [1.29, 1.82) is 0 Å². The van der Waals surface area contributed by atoms with E-state index in [1.165, 1.54) is 39.4 Å². The van der Waals surface area contributed by atoms with Crippen LogP contribution in [-0.4, -0.2) is 52.4 Å². The Morgan fingerprint density at radius 2 is 1.25 bits per heavy atom. The molecule has 13 nitrogen and oxygen atoms in total. The monoisotopic (exact) mass is 775 g/mol. The number of carboxylic acids is 1. The molecule has 0 amide bonds. The van der Waals surface area contributed by atoms with Crippen molar-refractivity contribution in [3.05, 3.63) is 150 Å². The van der Waals surface area contributed by atoms with Crippen molar-refractivity contribution < 1.29 is 14.6 Å². The van der Waals surface area contributed by atoms with Crippen LogP contribution in [0, 0.1) is 0 Å². The maximum Gasteiger partial charge on any atom is 0.339 e. The highest BCUT2D eigenvalue weighted by Crippen LogP contribution is 2.35. The summed E-state index contributed by atoms with van der Waals surface area (Å²) in [5.41, 5.74) is 4.55. The Morgan fingerprint density at radius 1 is 0.696 bits per heavy atom. The molecule has 0 saturated carbocycles. The van der Waals surface area contributed by atoms with E-state index in [2.05, 4.69) is 72.2 Å². The first-order chi connectivity index (χ1) is 27.4. The van der Waals surface area contributed by atoms with Crippen LogP contribution in [0.5, 0.6) is 5.75 Å². The number of hydrogen-bond donors (Lipinski definition) is 4. The highest BCUT2D eigenvalue weighted by Gasteiger charge is 2.15. The van der Waals surface area contributed by atoms with Crippen molar-refractivity contribution in [2.75, 3.05) is 17.7 Å². The van der Waals surface area contributed by atoms with Crippen LogP contribution in [0.4, 0.5) is 23.0 Å². The van der Waals surface area contributed by atoms with Crippen molar-refractivity contribution in [1.82, 2.24) is 34.2 Å². The number of aromatic nitrogens is 7. The number of nitrogens with zero attached hydrogens (tertiary/aromatic N) is 6. The zero-order valence-corrected chi connectivity index (χ0v) is 31.0. The molecule has 0 aliphatic heterocycles. The van der Waals surface area contributed by atoms with Crippen molar-refractivity contribution in [2.45, 2.75) is 0 Å². The van der Waals surface area contributed by atoms with Crippen LogP contribution in [0.1, 0.15) is 10.4 Å². The summed E-state index contributed by atoms with van der Waals surface area (Å²) < 4.78 is 11.2. The molecule has 0 fully saturated rings. The molecule has 0 aliphatic rings. The molecule has 0 aliphatic carbocycles. The number of carboxylic acid groups (broad SMARTS) is 1. The Kier molecular flexibility index (Phi) is 8.89. The fourth-order valence-electron chi connectivity index (χ4n) is 6.20. The van der Waals surface area contributed by atoms with Crippen molar-refractivity contribution in [3.8, 4) is 26.9 Å². The van der Waals surface area contributed by atoms with Gasteiger partial charge in [-0.05, 0) is 83.6 Å². The largest absolute Gasteiger partial charge is 0.496 e. The molecule has 0 bridgehead atoms. The van der Waals surface area contributed by atoms with Gasteiger partial charge >= 0.3 is 5.97 Å². The summed E-state index contributed by atoms with van der Waals surface area (Å²) >= 11 is 3.40. The summed E-state index contributed by atoms with van der Waals surface area (Å²) in [6.07, 6.45) is 5.25. The number of ether oxygens (including phenoxy) is 1. The first-order valence-electron chi connectivity index (χ1n) is 17.2. The van der Waals surface area contributed by atoms with E-state index in [9.17, 15) is 14.7 Å². The quantitative estimate of drug-likeness (QED) is 0.117. The van der Waals surface area contributed by atoms with E-state index < -0.39 is 5.97 Å². The number of thiophene rings is 2. The van der Waals surface area contributed by atoms with E-state index in [4.69, 9.17) is 4.74 Å². The standard InChI is InChI=1S/C22H16N4O3S.C19H13N5OS/c1-29-17-7-6-14(11-15(17)22(27)28)24-20-8-9-21-23-12-16(26(21)25-20)19-10-13-4-2-3-5-18(13)30-19;25-19-10-13(7-8-20-19)22-17-5-6-18-21-11-14(24(18)23-17)16-9-12-3-1-2-4-15(12)26-16/h2-12H,1H3,(H,24,25)(H,27,28);1-11H,(H2,20,22,23,25). The SMILES string of the molecule is COc1ccc(Nc2ccc3ncc(-c4cc5ccccc5s4)n3n2)cc1C(=O)O.O=c1cc(Nc2ccc3ncc(-c4cc5ccccc5s4)n3n2)cc[nH]1. The predicted molar refractivity (Wildman–Crippen MR) is 221 cm³/mol. The Morgan fingerprint density at radius 3 is 1.77 bits per heavy atom. The summed E-state index contributed by atoms with van der Waals surface area (Å²) in [5.74, 6) is 0.464. The van der Waals surface area contributed by atoms with Gasteiger partial charge in [0.2, 0.25) is 5.56 Å². The van der Waals surface area contributed by atoms with E-state index in [0.717, 1.165) is 32.4 Å². The van der Waals surface area contributed by atoms with Gasteiger partial charge in [0.25, 0.3) is 0 Å². The number of H-pyrrole nitrogens is 1. The minimum atomic E-state index is -1.06. The number of hydrogen-bond acceptors (Lipinski definition) is 11. The number of benzene rings is 3. The van der Waals surface area contributed by atoms with E-state index in [1.54, 1.807) is 51.6 Å². The van der Waals surface area contributed by atoms with Crippen molar-refractivity contribution in [2.24, 2.45) is 0 Å². The lowest BCUT2D eigenvalue weighted by Gasteiger charge is -2.10. The molecule has 56 heavy (non-hydrogen) atoms. The fourth-order valence-corrected chi connectivity index (χ4v) is 8.32. The third kappa shape index (κ3) is 6.79. The topological polar surface area (TPSA) is 164 Å². The zero-order chi connectivity index (χ0) is 38.2. The molecule has 0 saturated heterocycles. The lowest BCUT2D eigenvalue weighted by Crippen LogP contribution is -2.05. The van der Waals surface area contributed by atoms with Gasteiger partial charge in [0.05, 0.1) is 29.3 Å². The third-order valence-corrected chi connectivity index (χ3v) is 11.1. The van der Waals surface area contributed by atoms with Gasteiger partial charge < -0.3 is 25.5 Å². The molecular weight excluding hydrogens is 747 g/mol. The van der Waals surface area contributed by atoms with Gasteiger partial charge in [-0.1, -0.05) is 36.4 Å². The highest BCUT2D eigenvalue weighted by atomic mass is 32.1. The van der Waals surface area contributed by atoms with Crippen LogP contribution in [0.3, 0.4) is 0 Å². The second-order valence-electron chi connectivity index (χ2n) is 12.5. The maximum absolute atomic E-state index is 11.5. The van der Waals surface area contributed by atoms with Crippen molar-refractivity contribution in [3.63, 3.8) is 0 Å². The third-order valence-electron chi connectivity index (χ3n) is 8.83. The summed E-state index contributed by atoms with van der Waals surface area (Å²) in [6, 6.07) is 36.4. The molecular formula is C41H29N9O4S2. The lowest BCUT2D eigenvalue weighted by atomic mass is 10.2. The normalized spacial score (nSPS) is 11.2. The van der Waals surface area contributed by atoms with E-state index in [0.29, 0.717) is 28.8 Å². The number of rotatable bonds is 8. The van der Waals surface area contributed by atoms with Crippen LogP contribution in [-0.2, 0) is 0 Å². The average Bonchev–Trinajstić information content (AvgIpc) is 4.02. The zero-order valence-electron chi connectivity index (χ0n) is 29.4. The first-order valence-corrected chi connectivity index (χ1v) is 18.8. The Labute approximate surface area is 325 Å². The predicted octanol–water partition coefficient (Wildman–Crippen LogP) is 9.10. The summed E-state index contributed by atoms with van der Waals surface area (Å²) in [7, 11) is 1.44. The van der Waals surface area contributed by atoms with Gasteiger partial charge in [0.15, 0.2) is 22.9 Å². The van der Waals surface area contributed by atoms with Crippen molar-refractivity contribution >= 4 is 83.1 Å². The highest BCUT2D eigenvalue weighted by molar-refractivity contribution is 7.22. The van der Waals surface area contributed by atoms with E-state index in [-0.39, 0.29) is 11.1 Å². The number of fused-ring (bicyclic) bond motifs is 4. The molecule has 10 rings (SSSR count). The number of pyridine rings is 1. The molecule has 3 aromatic carbocycles. The van der Waals surface area contributed by atoms with Gasteiger partial charge in [-0.3, -0.25) is 4.79 Å². The Hall–Kier alpha value is -7.36. The van der Waals surface area contributed by atoms with Gasteiger partial charge in [-0.15, -0.1) is 32.9 Å². The number of imidazole rings is 2. The fraction of sp³-hybridized carbons (Fsp3) is 0.0244. The molecule has 4 N–H and O–H groups in total. The van der Waals surface area contributed by atoms with E-state index >= 15 is 0 Å². The summed E-state index contributed by atoms with van der Waals surface area (Å²) in [5, 5.41) is 27.4. The Bertz CT molecular complexity index is 3060.